The van der Waals surface area contributed by atoms with Crippen molar-refractivity contribution in [3.63, 3.8) is 0 Å². The lowest BCUT2D eigenvalue weighted by molar-refractivity contribution is 0.118. The highest BCUT2D eigenvalue weighted by Gasteiger charge is 2.26. The molecule has 22 heavy (non-hydrogen) atoms. The van der Waals surface area contributed by atoms with Gasteiger partial charge in [-0.2, -0.15) is 0 Å². The van der Waals surface area contributed by atoms with E-state index in [1.807, 2.05) is 0 Å². The van der Waals surface area contributed by atoms with Crippen LogP contribution in [0.4, 0.5) is 0 Å². The van der Waals surface area contributed by atoms with Gasteiger partial charge in [-0.25, -0.2) is 0 Å². The van der Waals surface area contributed by atoms with E-state index >= 15 is 0 Å². The van der Waals surface area contributed by atoms with Crippen LogP contribution in [-0.2, 0) is 0 Å². The molecule has 1 saturated carbocycles. The first-order chi connectivity index (χ1) is 10.9. The topological polar surface area (TPSA) is 29.3 Å². The van der Waals surface area contributed by atoms with E-state index < -0.39 is 0 Å². The molecule has 2 heterocycles. The third-order valence-electron chi connectivity index (χ3n) is 5.08. The lowest BCUT2D eigenvalue weighted by Gasteiger charge is -2.40. The number of nitrogens with zero attached hydrogens (tertiary/aromatic N) is 2. The molecule has 114 valence electrons. The van der Waals surface area contributed by atoms with Crippen LogP contribution < -0.4 is 0 Å². The quantitative estimate of drug-likeness (QED) is 0.841. The number of hydrogen-bond donors (Lipinski definition) is 0. The lowest BCUT2D eigenvalue weighted by Crippen LogP contribution is -2.43. The SMILES string of the molecule is C(=C1CCN(C2CCC2)CC1)c1ccc(-c2cnoc2)cc1. The molecule has 1 aliphatic heterocycles. The van der Waals surface area contributed by atoms with Crippen LogP contribution in [0.3, 0.4) is 0 Å². The Balaban J connectivity index is 1.40. The first kappa shape index (κ1) is 13.8. The number of likely N-dealkylation sites (tertiary alicyclic amines) is 1. The summed E-state index contributed by atoms with van der Waals surface area (Å²) in [5, 5.41) is 3.76. The van der Waals surface area contributed by atoms with Crippen molar-refractivity contribution in [2.75, 3.05) is 13.1 Å². The van der Waals surface area contributed by atoms with Crippen LogP contribution >= 0.6 is 0 Å². The third-order valence-corrected chi connectivity index (χ3v) is 5.08. The molecule has 3 nitrogen and oxygen atoms in total. The van der Waals surface area contributed by atoms with E-state index in [1.54, 1.807) is 18.0 Å². The number of benzene rings is 1. The fourth-order valence-electron chi connectivity index (χ4n) is 3.43. The van der Waals surface area contributed by atoms with Crippen LogP contribution in [0.1, 0.15) is 37.7 Å². The third kappa shape index (κ3) is 2.86. The molecule has 0 bridgehead atoms. The molecule has 1 aromatic carbocycles. The van der Waals surface area contributed by atoms with E-state index in [9.17, 15) is 0 Å². The summed E-state index contributed by atoms with van der Waals surface area (Å²) in [6.07, 6.45) is 12.5. The van der Waals surface area contributed by atoms with Gasteiger partial charge in [0.1, 0.15) is 6.26 Å². The van der Waals surface area contributed by atoms with E-state index in [-0.39, 0.29) is 0 Å². The van der Waals surface area contributed by atoms with Crippen molar-refractivity contribution in [1.82, 2.24) is 10.1 Å². The maximum absolute atomic E-state index is 4.90. The van der Waals surface area contributed by atoms with Gasteiger partial charge < -0.3 is 4.52 Å². The molecule has 0 radical (unpaired) electrons. The van der Waals surface area contributed by atoms with Gasteiger partial charge >= 0.3 is 0 Å². The molecule has 2 aliphatic rings. The van der Waals surface area contributed by atoms with Crippen LogP contribution in [0.25, 0.3) is 17.2 Å². The molecule has 1 aromatic heterocycles. The molecule has 0 amide bonds. The first-order valence-corrected chi connectivity index (χ1v) is 8.32. The largest absolute Gasteiger partial charge is 0.364 e. The van der Waals surface area contributed by atoms with Crippen LogP contribution in [0.2, 0.25) is 0 Å². The van der Waals surface area contributed by atoms with E-state index in [0.29, 0.717) is 0 Å². The van der Waals surface area contributed by atoms with Gasteiger partial charge in [0, 0.05) is 24.7 Å². The Labute approximate surface area is 131 Å². The molecule has 0 atom stereocenters. The number of hydrogen-bond acceptors (Lipinski definition) is 3. The Kier molecular flexibility index (Phi) is 3.81. The van der Waals surface area contributed by atoms with E-state index in [1.165, 1.54) is 50.8 Å². The van der Waals surface area contributed by atoms with Crippen molar-refractivity contribution < 1.29 is 4.52 Å². The molecule has 1 saturated heterocycles. The summed E-state index contributed by atoms with van der Waals surface area (Å²) < 4.78 is 4.90. The summed E-state index contributed by atoms with van der Waals surface area (Å²) >= 11 is 0. The number of piperidine rings is 1. The lowest BCUT2D eigenvalue weighted by atomic mass is 9.89. The van der Waals surface area contributed by atoms with Gasteiger partial charge in [-0.05, 0) is 36.8 Å². The maximum atomic E-state index is 4.90. The Hall–Kier alpha value is -1.87. The highest BCUT2D eigenvalue weighted by Crippen LogP contribution is 2.29. The Morgan fingerprint density at radius 2 is 1.82 bits per heavy atom. The molecule has 2 fully saturated rings. The molecule has 0 spiro atoms. The van der Waals surface area contributed by atoms with Crippen LogP contribution in [0, 0.1) is 0 Å². The van der Waals surface area contributed by atoms with Gasteiger partial charge in [-0.3, -0.25) is 4.90 Å². The van der Waals surface area contributed by atoms with Gasteiger partial charge in [0.25, 0.3) is 0 Å². The summed E-state index contributed by atoms with van der Waals surface area (Å²) in [7, 11) is 0. The Morgan fingerprint density at radius 3 is 2.41 bits per heavy atom. The van der Waals surface area contributed by atoms with Crippen LogP contribution in [0.15, 0.2) is 46.8 Å². The summed E-state index contributed by atoms with van der Waals surface area (Å²) in [5.74, 6) is 0. The molecule has 1 aliphatic carbocycles. The number of rotatable bonds is 3. The Bertz CT molecular complexity index is 629. The average Bonchev–Trinajstić information content (AvgIpc) is 3.03. The van der Waals surface area contributed by atoms with Crippen molar-refractivity contribution in [1.29, 1.82) is 0 Å². The Morgan fingerprint density at radius 1 is 1.05 bits per heavy atom. The zero-order chi connectivity index (χ0) is 14.8. The monoisotopic (exact) mass is 294 g/mol. The summed E-state index contributed by atoms with van der Waals surface area (Å²) in [4.78, 5) is 2.69. The normalized spacial score (nSPS) is 19.9. The molecule has 0 N–H and O–H groups in total. The van der Waals surface area contributed by atoms with E-state index in [0.717, 1.165) is 17.2 Å². The molecule has 0 unspecified atom stereocenters. The fourth-order valence-corrected chi connectivity index (χ4v) is 3.43. The van der Waals surface area contributed by atoms with E-state index in [4.69, 9.17) is 4.52 Å². The molecule has 2 aromatic rings. The maximum Gasteiger partial charge on any atom is 0.131 e. The van der Waals surface area contributed by atoms with Gasteiger partial charge in [0.05, 0.1) is 6.20 Å². The summed E-state index contributed by atoms with van der Waals surface area (Å²) in [6, 6.07) is 9.55. The highest BCUT2D eigenvalue weighted by atomic mass is 16.5. The van der Waals surface area contributed by atoms with Crippen LogP contribution in [0.5, 0.6) is 0 Å². The minimum Gasteiger partial charge on any atom is -0.364 e. The minimum absolute atomic E-state index is 0.893. The summed E-state index contributed by atoms with van der Waals surface area (Å²) in [6.45, 7) is 2.49. The van der Waals surface area contributed by atoms with Gasteiger partial charge in [0.2, 0.25) is 0 Å². The molecular formula is C19H22N2O. The zero-order valence-corrected chi connectivity index (χ0v) is 12.9. The second-order valence-corrected chi connectivity index (χ2v) is 6.46. The van der Waals surface area contributed by atoms with Crippen LogP contribution in [-0.4, -0.2) is 29.2 Å². The van der Waals surface area contributed by atoms with Gasteiger partial charge in [0.15, 0.2) is 0 Å². The summed E-state index contributed by atoms with van der Waals surface area (Å²) in [5.41, 5.74) is 5.08. The standard InChI is InChI=1S/C19H22N2O/c1-2-19(3-1)21-10-8-16(9-11-21)12-15-4-6-17(7-5-15)18-13-20-22-14-18/h4-7,12-14,19H,1-3,8-11H2. The van der Waals surface area contributed by atoms with Crippen molar-refractivity contribution in [3.05, 3.63) is 47.9 Å². The van der Waals surface area contributed by atoms with Gasteiger partial charge in [-0.1, -0.05) is 47.5 Å². The smallest absolute Gasteiger partial charge is 0.131 e. The molecule has 4 rings (SSSR count). The van der Waals surface area contributed by atoms with Crippen molar-refractivity contribution >= 4 is 6.08 Å². The van der Waals surface area contributed by atoms with Crippen molar-refractivity contribution in [2.45, 2.75) is 38.1 Å². The first-order valence-electron chi connectivity index (χ1n) is 8.32. The highest BCUT2D eigenvalue weighted by molar-refractivity contribution is 5.64. The fraction of sp³-hybridized carbons (Fsp3) is 0.421. The van der Waals surface area contributed by atoms with E-state index in [2.05, 4.69) is 40.4 Å². The van der Waals surface area contributed by atoms with Gasteiger partial charge in [-0.15, -0.1) is 0 Å². The predicted octanol–water partition coefficient (Wildman–Crippen LogP) is 4.37. The minimum atomic E-state index is 0.893. The number of aromatic nitrogens is 1. The van der Waals surface area contributed by atoms with Crippen molar-refractivity contribution in [2.24, 2.45) is 0 Å². The average molecular weight is 294 g/mol. The molecule has 3 heteroatoms. The predicted molar refractivity (Wildman–Crippen MR) is 88.4 cm³/mol. The zero-order valence-electron chi connectivity index (χ0n) is 12.9. The second kappa shape index (κ2) is 6.09. The molecular weight excluding hydrogens is 272 g/mol. The second-order valence-electron chi connectivity index (χ2n) is 6.46. The van der Waals surface area contributed by atoms with Crippen molar-refractivity contribution in [3.8, 4) is 11.1 Å².